The molecular weight excluding hydrogens is 234 g/mol. The average Bonchev–Trinajstić information content (AvgIpc) is 2.92. The highest BCUT2D eigenvalue weighted by Gasteiger charge is 2.23. The maximum absolute atomic E-state index is 11.8. The summed E-state index contributed by atoms with van der Waals surface area (Å²) in [6, 6.07) is 6.63. The smallest absolute Gasteiger partial charge is 0.337 e. The third-order valence-electron chi connectivity index (χ3n) is 2.77. The molecule has 1 aromatic rings. The van der Waals surface area contributed by atoms with E-state index >= 15 is 0 Å². The van der Waals surface area contributed by atoms with Crippen molar-refractivity contribution in [2.75, 3.05) is 19.0 Å². The predicted molar refractivity (Wildman–Crippen MR) is 65.4 cm³/mol. The Hall–Kier alpha value is -1.88. The van der Waals surface area contributed by atoms with Crippen molar-refractivity contribution in [2.24, 2.45) is 0 Å². The van der Waals surface area contributed by atoms with Crippen molar-refractivity contribution in [1.29, 1.82) is 0 Å². The van der Waals surface area contributed by atoms with Crippen LogP contribution in [-0.4, -0.2) is 31.7 Å². The molecule has 0 aromatic heterocycles. The van der Waals surface area contributed by atoms with Crippen LogP contribution in [-0.2, 0) is 14.3 Å². The van der Waals surface area contributed by atoms with Gasteiger partial charge < -0.3 is 14.8 Å². The third kappa shape index (κ3) is 2.87. The zero-order valence-corrected chi connectivity index (χ0v) is 10.1. The van der Waals surface area contributed by atoms with Gasteiger partial charge in [-0.15, -0.1) is 0 Å². The molecule has 1 fully saturated rings. The Morgan fingerprint density at radius 3 is 2.94 bits per heavy atom. The zero-order valence-electron chi connectivity index (χ0n) is 10.1. The van der Waals surface area contributed by atoms with Gasteiger partial charge in [0.15, 0.2) is 0 Å². The number of methoxy groups -OCH3 is 1. The molecule has 18 heavy (non-hydrogen) atoms. The Morgan fingerprint density at radius 2 is 2.28 bits per heavy atom. The minimum atomic E-state index is -0.428. The van der Waals surface area contributed by atoms with Crippen LogP contribution in [0, 0.1) is 0 Å². The molecule has 5 nitrogen and oxygen atoms in total. The van der Waals surface area contributed by atoms with Gasteiger partial charge in [-0.3, -0.25) is 4.79 Å². The van der Waals surface area contributed by atoms with E-state index in [9.17, 15) is 9.59 Å². The molecule has 1 N–H and O–H groups in total. The summed E-state index contributed by atoms with van der Waals surface area (Å²) in [7, 11) is 1.32. The quantitative estimate of drug-likeness (QED) is 0.826. The molecule has 1 aromatic carbocycles. The maximum Gasteiger partial charge on any atom is 0.337 e. The fraction of sp³-hybridized carbons (Fsp3) is 0.385. The highest BCUT2D eigenvalue weighted by Crippen LogP contribution is 2.16. The highest BCUT2D eigenvalue weighted by molar-refractivity contribution is 5.96. The largest absolute Gasteiger partial charge is 0.465 e. The van der Waals surface area contributed by atoms with Gasteiger partial charge in [0.25, 0.3) is 5.91 Å². The van der Waals surface area contributed by atoms with Crippen molar-refractivity contribution in [2.45, 2.75) is 18.9 Å². The highest BCUT2D eigenvalue weighted by atomic mass is 16.5. The van der Waals surface area contributed by atoms with Crippen molar-refractivity contribution in [3.8, 4) is 0 Å². The van der Waals surface area contributed by atoms with E-state index < -0.39 is 5.97 Å². The molecule has 1 aliphatic heterocycles. The molecule has 1 saturated heterocycles. The van der Waals surface area contributed by atoms with Crippen LogP contribution in [0.5, 0.6) is 0 Å². The summed E-state index contributed by atoms with van der Waals surface area (Å²) in [5, 5.41) is 2.73. The van der Waals surface area contributed by atoms with Gasteiger partial charge in [-0.1, -0.05) is 6.07 Å². The van der Waals surface area contributed by atoms with E-state index in [4.69, 9.17) is 4.74 Å². The van der Waals surface area contributed by atoms with Crippen LogP contribution in [0.3, 0.4) is 0 Å². The molecule has 0 bridgehead atoms. The third-order valence-corrected chi connectivity index (χ3v) is 2.77. The van der Waals surface area contributed by atoms with Gasteiger partial charge in [-0.2, -0.15) is 0 Å². The average molecular weight is 249 g/mol. The van der Waals surface area contributed by atoms with Gasteiger partial charge in [-0.05, 0) is 31.0 Å². The standard InChI is InChI=1S/C13H15NO4/c1-17-13(16)9-4-2-5-10(8-9)14-12(15)11-6-3-7-18-11/h2,4-5,8,11H,3,6-7H2,1H3,(H,14,15)/t11-/m0/s1. The minimum absolute atomic E-state index is 0.172. The summed E-state index contributed by atoms with van der Waals surface area (Å²) in [6.45, 7) is 0.625. The molecule has 0 spiro atoms. The lowest BCUT2D eigenvalue weighted by atomic mass is 10.2. The summed E-state index contributed by atoms with van der Waals surface area (Å²) in [4.78, 5) is 23.2. The Labute approximate surface area is 105 Å². The molecular formula is C13H15NO4. The first kappa shape index (κ1) is 12.6. The van der Waals surface area contributed by atoms with Gasteiger partial charge in [0, 0.05) is 12.3 Å². The molecule has 1 amide bonds. The number of hydrogen-bond donors (Lipinski definition) is 1. The number of amides is 1. The van der Waals surface area contributed by atoms with Crippen molar-refractivity contribution >= 4 is 17.6 Å². The summed E-state index contributed by atoms with van der Waals surface area (Å²) >= 11 is 0. The first-order chi connectivity index (χ1) is 8.70. The lowest BCUT2D eigenvalue weighted by molar-refractivity contribution is -0.124. The number of carbonyl (C=O) groups is 2. The van der Waals surface area contributed by atoms with E-state index in [2.05, 4.69) is 10.1 Å². The second-order valence-electron chi connectivity index (χ2n) is 4.06. The Morgan fingerprint density at radius 1 is 1.44 bits per heavy atom. The van der Waals surface area contributed by atoms with Crippen LogP contribution >= 0.6 is 0 Å². The van der Waals surface area contributed by atoms with Crippen molar-refractivity contribution in [3.63, 3.8) is 0 Å². The van der Waals surface area contributed by atoms with Crippen LogP contribution in [0.4, 0.5) is 5.69 Å². The van der Waals surface area contributed by atoms with E-state index in [0.717, 1.165) is 12.8 Å². The Kier molecular flexibility index (Phi) is 3.94. The molecule has 96 valence electrons. The lowest BCUT2D eigenvalue weighted by Gasteiger charge is -2.10. The van der Waals surface area contributed by atoms with E-state index in [1.807, 2.05) is 0 Å². The van der Waals surface area contributed by atoms with Crippen LogP contribution in [0.15, 0.2) is 24.3 Å². The summed E-state index contributed by atoms with van der Waals surface area (Å²) in [6.07, 6.45) is 1.26. The van der Waals surface area contributed by atoms with E-state index in [1.165, 1.54) is 7.11 Å². The Balaban J connectivity index is 2.04. The van der Waals surface area contributed by atoms with Crippen LogP contribution < -0.4 is 5.32 Å². The number of benzene rings is 1. The first-order valence-corrected chi connectivity index (χ1v) is 5.81. The number of carbonyl (C=O) groups excluding carboxylic acids is 2. The van der Waals surface area contributed by atoms with Crippen molar-refractivity contribution < 1.29 is 19.1 Å². The van der Waals surface area contributed by atoms with Gasteiger partial charge >= 0.3 is 5.97 Å². The van der Waals surface area contributed by atoms with Gasteiger partial charge in [0.2, 0.25) is 0 Å². The summed E-state index contributed by atoms with van der Waals surface area (Å²) in [5.74, 6) is -0.599. The topological polar surface area (TPSA) is 64.6 Å². The second-order valence-corrected chi connectivity index (χ2v) is 4.06. The summed E-state index contributed by atoms with van der Waals surface area (Å²) in [5.41, 5.74) is 0.973. The van der Waals surface area contributed by atoms with Crippen molar-refractivity contribution in [3.05, 3.63) is 29.8 Å². The normalized spacial score (nSPS) is 18.4. The SMILES string of the molecule is COC(=O)c1cccc(NC(=O)[C@@H]2CCCO2)c1. The number of ether oxygens (including phenoxy) is 2. The van der Waals surface area contributed by atoms with Crippen molar-refractivity contribution in [1.82, 2.24) is 0 Å². The molecule has 1 aliphatic rings. The molecule has 0 saturated carbocycles. The number of anilines is 1. The van der Waals surface area contributed by atoms with Crippen LogP contribution in [0.1, 0.15) is 23.2 Å². The van der Waals surface area contributed by atoms with E-state index in [-0.39, 0.29) is 12.0 Å². The monoisotopic (exact) mass is 249 g/mol. The first-order valence-electron chi connectivity index (χ1n) is 5.81. The fourth-order valence-electron chi connectivity index (χ4n) is 1.85. The predicted octanol–water partition coefficient (Wildman–Crippen LogP) is 1.59. The maximum atomic E-state index is 11.8. The Bertz CT molecular complexity index is 452. The van der Waals surface area contributed by atoms with Crippen LogP contribution in [0.25, 0.3) is 0 Å². The number of rotatable bonds is 3. The molecule has 0 radical (unpaired) electrons. The van der Waals surface area contributed by atoms with Gasteiger partial charge in [-0.25, -0.2) is 4.79 Å². The van der Waals surface area contributed by atoms with E-state index in [0.29, 0.717) is 17.9 Å². The van der Waals surface area contributed by atoms with E-state index in [1.54, 1.807) is 24.3 Å². The van der Waals surface area contributed by atoms with Gasteiger partial charge in [0.1, 0.15) is 6.10 Å². The number of hydrogen-bond acceptors (Lipinski definition) is 4. The number of nitrogens with one attached hydrogen (secondary N) is 1. The fourth-order valence-corrected chi connectivity index (χ4v) is 1.85. The zero-order chi connectivity index (χ0) is 13.0. The molecule has 2 rings (SSSR count). The second kappa shape index (κ2) is 5.64. The minimum Gasteiger partial charge on any atom is -0.465 e. The molecule has 5 heteroatoms. The molecule has 0 aliphatic carbocycles. The molecule has 1 heterocycles. The molecule has 1 atom stereocenters. The summed E-state index contributed by atoms with van der Waals surface area (Å²) < 4.78 is 9.90. The number of esters is 1. The molecule has 0 unspecified atom stereocenters. The van der Waals surface area contributed by atoms with Crippen LogP contribution in [0.2, 0.25) is 0 Å². The van der Waals surface area contributed by atoms with Gasteiger partial charge in [0.05, 0.1) is 12.7 Å². The lowest BCUT2D eigenvalue weighted by Crippen LogP contribution is -2.26.